The fourth-order valence-corrected chi connectivity index (χ4v) is 4.85. The number of benzene rings is 3. The fourth-order valence-electron chi connectivity index (χ4n) is 3.65. The highest BCUT2D eigenvalue weighted by Crippen LogP contribution is 2.50. The molecule has 29 heavy (non-hydrogen) atoms. The van der Waals surface area contributed by atoms with Crippen molar-refractivity contribution in [2.45, 2.75) is 4.87 Å². The number of nitrogens with zero attached hydrogens (tertiary/aromatic N) is 2. The highest BCUT2D eigenvalue weighted by Gasteiger charge is 2.55. The normalized spacial score (nSPS) is 19.8. The number of carbonyl (C=O) groups is 1. The number of amides is 1. The summed E-state index contributed by atoms with van der Waals surface area (Å²) in [5.41, 5.74) is 5.98. The van der Waals surface area contributed by atoms with Gasteiger partial charge in [0.1, 0.15) is 17.4 Å². The second-order valence-electron chi connectivity index (χ2n) is 6.81. The Morgan fingerprint density at radius 2 is 1.62 bits per heavy atom. The predicted octanol–water partition coefficient (Wildman–Crippen LogP) is 3.96. The number of anilines is 1. The van der Waals surface area contributed by atoms with E-state index in [0.717, 1.165) is 27.6 Å². The van der Waals surface area contributed by atoms with Crippen LogP contribution in [0.4, 0.5) is 5.69 Å². The number of fused-ring (bicyclic) bond motifs is 2. The van der Waals surface area contributed by atoms with Gasteiger partial charge in [0.15, 0.2) is 0 Å². The third kappa shape index (κ3) is 3.06. The van der Waals surface area contributed by atoms with Crippen LogP contribution in [0.3, 0.4) is 0 Å². The summed E-state index contributed by atoms with van der Waals surface area (Å²) in [6.07, 6.45) is 0. The second kappa shape index (κ2) is 7.29. The molecular weight excluding hydrogens is 382 g/mol. The Kier molecular flexibility index (Phi) is 4.48. The van der Waals surface area contributed by atoms with Gasteiger partial charge in [0.05, 0.1) is 12.2 Å². The number of para-hydroxylation sites is 2. The van der Waals surface area contributed by atoms with Gasteiger partial charge in [-0.2, -0.15) is 5.10 Å². The summed E-state index contributed by atoms with van der Waals surface area (Å²) in [5, 5.41) is 5.32. The third-order valence-corrected chi connectivity index (χ3v) is 6.35. The van der Waals surface area contributed by atoms with Crippen LogP contribution in [-0.2, 0) is 9.67 Å². The predicted molar refractivity (Wildman–Crippen MR) is 116 cm³/mol. The molecule has 6 heteroatoms. The first kappa shape index (κ1) is 17.8. The van der Waals surface area contributed by atoms with E-state index in [2.05, 4.69) is 10.5 Å². The summed E-state index contributed by atoms with van der Waals surface area (Å²) < 4.78 is 5.82. The molecule has 1 unspecified atom stereocenters. The number of nitrogens with one attached hydrogen (secondary N) is 1. The molecule has 0 saturated carbocycles. The van der Waals surface area contributed by atoms with Crippen molar-refractivity contribution < 1.29 is 9.53 Å². The van der Waals surface area contributed by atoms with Gasteiger partial charge in [0.2, 0.25) is 4.87 Å². The van der Waals surface area contributed by atoms with Gasteiger partial charge in [-0.3, -0.25) is 10.2 Å². The minimum absolute atomic E-state index is 0.0185. The van der Waals surface area contributed by atoms with Crippen molar-refractivity contribution in [3.8, 4) is 5.75 Å². The van der Waals surface area contributed by atoms with Gasteiger partial charge in [-0.05, 0) is 18.2 Å². The molecule has 0 bridgehead atoms. The molecule has 0 fully saturated rings. The zero-order chi connectivity index (χ0) is 19.7. The lowest BCUT2D eigenvalue weighted by Gasteiger charge is -2.22. The molecule has 1 spiro atoms. The topological polar surface area (TPSA) is 53.9 Å². The fraction of sp³-hybridized carbons (Fsp3) is 0.130. The molecule has 0 radical (unpaired) electrons. The Bertz CT molecular complexity index is 1070. The number of thioether (sulfide) groups is 1. The second-order valence-corrected chi connectivity index (χ2v) is 8.02. The molecule has 1 amide bonds. The Balaban J connectivity index is 1.38. The van der Waals surface area contributed by atoms with Gasteiger partial charge >= 0.3 is 0 Å². The average molecular weight is 401 g/mol. The van der Waals surface area contributed by atoms with Crippen LogP contribution >= 0.6 is 11.8 Å². The molecular formula is C23H19N3O2S. The molecule has 3 aromatic carbocycles. The molecule has 0 aromatic heterocycles. The van der Waals surface area contributed by atoms with Gasteiger partial charge in [-0.15, -0.1) is 0 Å². The van der Waals surface area contributed by atoms with Gasteiger partial charge in [0.25, 0.3) is 5.91 Å². The van der Waals surface area contributed by atoms with Crippen LogP contribution in [0.15, 0.2) is 90.0 Å². The van der Waals surface area contributed by atoms with Crippen LogP contribution < -0.4 is 15.1 Å². The average Bonchev–Trinajstić information content (AvgIpc) is 3.33. The Hall–Kier alpha value is -3.25. The van der Waals surface area contributed by atoms with E-state index >= 15 is 0 Å². The standard InChI is InChI=1S/C23H19N3O2S/c27-22-23(25-24-21(29-23)17-9-3-1-4-10-17)19-13-7-8-14-20(19)26(22)15-16-28-18-11-5-2-6-12-18/h1-14,25H,15-16H2. The molecule has 3 aromatic rings. The van der Waals surface area contributed by atoms with E-state index in [-0.39, 0.29) is 5.91 Å². The molecule has 5 rings (SSSR count). The first-order valence-corrected chi connectivity index (χ1v) is 10.3. The van der Waals surface area contributed by atoms with Crippen LogP contribution in [0.1, 0.15) is 11.1 Å². The van der Waals surface area contributed by atoms with Crippen LogP contribution in [0, 0.1) is 0 Å². The summed E-state index contributed by atoms with van der Waals surface area (Å²) in [5.74, 6) is 0.778. The van der Waals surface area contributed by atoms with E-state index in [9.17, 15) is 4.79 Å². The molecule has 1 N–H and O–H groups in total. The van der Waals surface area contributed by atoms with Gasteiger partial charge in [-0.25, -0.2) is 0 Å². The van der Waals surface area contributed by atoms with Crippen molar-refractivity contribution in [2.75, 3.05) is 18.1 Å². The van der Waals surface area contributed by atoms with Gasteiger partial charge in [-0.1, -0.05) is 78.5 Å². The number of carbonyl (C=O) groups excluding carboxylic acids is 1. The van der Waals surface area contributed by atoms with Gasteiger partial charge in [0, 0.05) is 11.1 Å². The number of hydrogen-bond acceptors (Lipinski definition) is 5. The molecule has 2 aliphatic heterocycles. The number of hydrazone groups is 1. The molecule has 144 valence electrons. The largest absolute Gasteiger partial charge is 0.492 e. The Morgan fingerprint density at radius 1 is 0.931 bits per heavy atom. The smallest absolute Gasteiger partial charge is 0.270 e. The lowest BCUT2D eigenvalue weighted by atomic mass is 10.1. The number of ether oxygens (including phenoxy) is 1. The van der Waals surface area contributed by atoms with Crippen molar-refractivity contribution in [3.63, 3.8) is 0 Å². The van der Waals surface area contributed by atoms with Gasteiger partial charge < -0.3 is 9.64 Å². The first-order chi connectivity index (χ1) is 14.3. The lowest BCUT2D eigenvalue weighted by molar-refractivity contribution is -0.121. The van der Waals surface area contributed by atoms with E-state index in [1.54, 1.807) is 4.90 Å². The number of rotatable bonds is 5. The van der Waals surface area contributed by atoms with Crippen LogP contribution in [0.2, 0.25) is 0 Å². The minimum Gasteiger partial charge on any atom is -0.492 e. The highest BCUT2D eigenvalue weighted by molar-refractivity contribution is 8.16. The SMILES string of the molecule is O=C1N(CCOc2ccccc2)c2ccccc2C12NN=C(c1ccccc1)S2. The Morgan fingerprint density at radius 3 is 2.41 bits per heavy atom. The summed E-state index contributed by atoms with van der Waals surface area (Å²) in [7, 11) is 0. The summed E-state index contributed by atoms with van der Waals surface area (Å²) >= 11 is 1.46. The van der Waals surface area contributed by atoms with E-state index < -0.39 is 4.87 Å². The summed E-state index contributed by atoms with van der Waals surface area (Å²) in [6, 6.07) is 27.4. The van der Waals surface area contributed by atoms with Crippen LogP contribution in [0.5, 0.6) is 5.75 Å². The third-order valence-electron chi connectivity index (χ3n) is 5.03. The molecule has 5 nitrogen and oxygen atoms in total. The van der Waals surface area contributed by atoms with Crippen molar-refractivity contribution in [3.05, 3.63) is 96.1 Å². The van der Waals surface area contributed by atoms with E-state index in [1.807, 2.05) is 84.9 Å². The van der Waals surface area contributed by atoms with Crippen molar-refractivity contribution in [1.82, 2.24) is 5.43 Å². The van der Waals surface area contributed by atoms with E-state index in [1.165, 1.54) is 11.8 Å². The highest BCUT2D eigenvalue weighted by atomic mass is 32.2. The molecule has 0 aliphatic carbocycles. The zero-order valence-electron chi connectivity index (χ0n) is 15.6. The summed E-state index contributed by atoms with van der Waals surface area (Å²) in [4.78, 5) is 14.4. The molecule has 2 heterocycles. The Labute approximate surface area is 173 Å². The quantitative estimate of drug-likeness (QED) is 0.703. The van der Waals surface area contributed by atoms with Crippen molar-refractivity contribution in [1.29, 1.82) is 0 Å². The molecule has 1 atom stereocenters. The van der Waals surface area contributed by atoms with E-state index in [0.29, 0.717) is 13.2 Å². The minimum atomic E-state index is -0.922. The first-order valence-electron chi connectivity index (χ1n) is 9.46. The molecule has 0 saturated heterocycles. The maximum atomic E-state index is 13.5. The maximum absolute atomic E-state index is 13.5. The lowest BCUT2D eigenvalue weighted by Crippen LogP contribution is -2.45. The number of hydrogen-bond donors (Lipinski definition) is 1. The zero-order valence-corrected chi connectivity index (χ0v) is 16.4. The monoisotopic (exact) mass is 401 g/mol. The van der Waals surface area contributed by atoms with Crippen LogP contribution in [-0.4, -0.2) is 24.1 Å². The summed E-state index contributed by atoms with van der Waals surface area (Å²) in [6.45, 7) is 0.882. The van der Waals surface area contributed by atoms with Crippen molar-refractivity contribution in [2.24, 2.45) is 5.10 Å². The van der Waals surface area contributed by atoms with Crippen molar-refractivity contribution >= 4 is 28.4 Å². The maximum Gasteiger partial charge on any atom is 0.270 e. The molecule has 2 aliphatic rings. The van der Waals surface area contributed by atoms with E-state index in [4.69, 9.17) is 4.74 Å². The van der Waals surface area contributed by atoms with Crippen LogP contribution in [0.25, 0.3) is 0 Å².